The predicted octanol–water partition coefficient (Wildman–Crippen LogP) is 2.58. The molecule has 1 fully saturated rings. The second-order valence-corrected chi connectivity index (χ2v) is 4.55. The lowest BCUT2D eigenvalue weighted by Crippen LogP contribution is -2.25. The standard InChI is InChI=1S/C12H15ClN2O/c1-2-3-10-6-8(7-11(13)14-10)12(16)15-9-4-5-9/h6-7,9H,2-5H2,1H3,(H,15,16). The van der Waals surface area contributed by atoms with Gasteiger partial charge in [0.05, 0.1) is 0 Å². The Hall–Kier alpha value is -1.09. The fourth-order valence-electron chi connectivity index (χ4n) is 1.56. The number of amides is 1. The third-order valence-corrected chi connectivity index (χ3v) is 2.72. The number of carbonyl (C=O) groups is 1. The van der Waals surface area contributed by atoms with Crippen molar-refractivity contribution in [3.05, 3.63) is 28.5 Å². The molecule has 1 aromatic heterocycles. The smallest absolute Gasteiger partial charge is 0.251 e. The summed E-state index contributed by atoms with van der Waals surface area (Å²) >= 11 is 5.89. The molecule has 0 unspecified atom stereocenters. The monoisotopic (exact) mass is 238 g/mol. The van der Waals surface area contributed by atoms with E-state index in [-0.39, 0.29) is 5.91 Å². The SMILES string of the molecule is CCCc1cc(C(=O)NC2CC2)cc(Cl)n1. The van der Waals surface area contributed by atoms with Crippen LogP contribution in [0.5, 0.6) is 0 Å². The van der Waals surface area contributed by atoms with Crippen molar-refractivity contribution in [2.24, 2.45) is 0 Å². The fourth-order valence-corrected chi connectivity index (χ4v) is 1.79. The first kappa shape index (κ1) is 11.4. The molecule has 0 radical (unpaired) electrons. The lowest BCUT2D eigenvalue weighted by atomic mass is 10.1. The summed E-state index contributed by atoms with van der Waals surface area (Å²) in [5, 5.41) is 3.34. The Morgan fingerprint density at radius 1 is 1.56 bits per heavy atom. The third kappa shape index (κ3) is 2.95. The molecular weight excluding hydrogens is 224 g/mol. The minimum absolute atomic E-state index is 0.0378. The number of nitrogens with one attached hydrogen (secondary N) is 1. The third-order valence-electron chi connectivity index (χ3n) is 2.53. The first-order valence-corrected chi connectivity index (χ1v) is 6.04. The van der Waals surface area contributed by atoms with Gasteiger partial charge < -0.3 is 5.32 Å². The Morgan fingerprint density at radius 2 is 2.31 bits per heavy atom. The van der Waals surface area contributed by atoms with E-state index in [0.29, 0.717) is 16.8 Å². The minimum atomic E-state index is -0.0378. The van der Waals surface area contributed by atoms with Gasteiger partial charge in [-0.05, 0) is 31.4 Å². The summed E-state index contributed by atoms with van der Waals surface area (Å²) in [5.41, 5.74) is 1.51. The second kappa shape index (κ2) is 4.83. The molecule has 4 heteroatoms. The normalized spacial score (nSPS) is 14.9. The van der Waals surface area contributed by atoms with Crippen molar-refractivity contribution in [1.29, 1.82) is 0 Å². The number of hydrogen-bond donors (Lipinski definition) is 1. The maximum absolute atomic E-state index is 11.8. The van der Waals surface area contributed by atoms with Crippen LogP contribution in [0.2, 0.25) is 5.15 Å². The fraction of sp³-hybridized carbons (Fsp3) is 0.500. The zero-order valence-electron chi connectivity index (χ0n) is 9.29. The van der Waals surface area contributed by atoms with Crippen LogP contribution >= 0.6 is 11.6 Å². The highest BCUT2D eigenvalue weighted by Crippen LogP contribution is 2.20. The zero-order chi connectivity index (χ0) is 11.5. The number of carbonyl (C=O) groups excluding carboxylic acids is 1. The molecule has 1 aliphatic carbocycles. The Morgan fingerprint density at radius 3 is 2.94 bits per heavy atom. The average molecular weight is 239 g/mol. The second-order valence-electron chi connectivity index (χ2n) is 4.17. The summed E-state index contributed by atoms with van der Waals surface area (Å²) in [6, 6.07) is 3.82. The molecule has 16 heavy (non-hydrogen) atoms. The summed E-state index contributed by atoms with van der Waals surface area (Å²) in [4.78, 5) is 16.0. The zero-order valence-corrected chi connectivity index (χ0v) is 10.0. The van der Waals surface area contributed by atoms with Crippen LogP contribution in [0.1, 0.15) is 42.2 Å². The molecule has 3 nitrogen and oxygen atoms in total. The predicted molar refractivity (Wildman–Crippen MR) is 63.7 cm³/mol. The summed E-state index contributed by atoms with van der Waals surface area (Å²) in [6.45, 7) is 2.08. The number of aryl methyl sites for hydroxylation is 1. The van der Waals surface area contributed by atoms with Crippen LogP contribution in [0.15, 0.2) is 12.1 Å². The van der Waals surface area contributed by atoms with Gasteiger partial charge in [-0.2, -0.15) is 0 Å². The van der Waals surface area contributed by atoms with E-state index in [9.17, 15) is 4.79 Å². The molecule has 1 N–H and O–H groups in total. The molecule has 1 aromatic rings. The van der Waals surface area contributed by atoms with E-state index in [4.69, 9.17) is 11.6 Å². The molecule has 1 heterocycles. The van der Waals surface area contributed by atoms with Gasteiger partial charge in [0.2, 0.25) is 0 Å². The summed E-state index contributed by atoms with van der Waals surface area (Å²) < 4.78 is 0. The van der Waals surface area contributed by atoms with Crippen molar-refractivity contribution >= 4 is 17.5 Å². The summed E-state index contributed by atoms with van der Waals surface area (Å²) in [6.07, 6.45) is 4.03. The van der Waals surface area contributed by atoms with Crippen LogP contribution in [0.3, 0.4) is 0 Å². The van der Waals surface area contributed by atoms with Crippen LogP contribution in [-0.2, 0) is 6.42 Å². The number of nitrogens with zero attached hydrogens (tertiary/aromatic N) is 1. The van der Waals surface area contributed by atoms with Crippen molar-refractivity contribution in [1.82, 2.24) is 10.3 Å². The first-order valence-electron chi connectivity index (χ1n) is 5.66. The maximum Gasteiger partial charge on any atom is 0.251 e. The molecule has 2 rings (SSSR count). The van der Waals surface area contributed by atoms with Crippen LogP contribution < -0.4 is 5.32 Å². The summed E-state index contributed by atoms with van der Waals surface area (Å²) in [7, 11) is 0. The molecule has 0 aliphatic heterocycles. The molecule has 86 valence electrons. The van der Waals surface area contributed by atoms with Gasteiger partial charge in [0.15, 0.2) is 0 Å². The topological polar surface area (TPSA) is 42.0 Å². The van der Waals surface area contributed by atoms with Crippen LogP contribution in [-0.4, -0.2) is 16.9 Å². The molecule has 1 aliphatic rings. The van der Waals surface area contributed by atoms with Gasteiger partial charge in [0, 0.05) is 17.3 Å². The maximum atomic E-state index is 11.8. The van der Waals surface area contributed by atoms with Crippen molar-refractivity contribution in [2.75, 3.05) is 0 Å². The van der Waals surface area contributed by atoms with Gasteiger partial charge >= 0.3 is 0 Å². The van der Waals surface area contributed by atoms with Gasteiger partial charge in [-0.3, -0.25) is 4.79 Å². The van der Waals surface area contributed by atoms with E-state index < -0.39 is 0 Å². The van der Waals surface area contributed by atoms with Gasteiger partial charge in [-0.15, -0.1) is 0 Å². The van der Waals surface area contributed by atoms with E-state index in [1.54, 1.807) is 6.07 Å². The lowest BCUT2D eigenvalue weighted by Gasteiger charge is -2.06. The Labute approximate surface area is 100 Å². The Kier molecular flexibility index (Phi) is 3.44. The number of halogens is 1. The molecule has 0 aromatic carbocycles. The van der Waals surface area contributed by atoms with Crippen LogP contribution in [0.4, 0.5) is 0 Å². The highest BCUT2D eigenvalue weighted by molar-refractivity contribution is 6.29. The van der Waals surface area contributed by atoms with Crippen molar-refractivity contribution in [2.45, 2.75) is 38.6 Å². The van der Waals surface area contributed by atoms with E-state index >= 15 is 0 Å². The van der Waals surface area contributed by atoms with Gasteiger partial charge in [0.1, 0.15) is 5.15 Å². The largest absolute Gasteiger partial charge is 0.349 e. The van der Waals surface area contributed by atoms with Crippen molar-refractivity contribution in [3.8, 4) is 0 Å². The molecule has 0 spiro atoms. The number of aromatic nitrogens is 1. The number of rotatable bonds is 4. The van der Waals surface area contributed by atoms with Crippen molar-refractivity contribution < 1.29 is 4.79 Å². The van der Waals surface area contributed by atoms with Crippen molar-refractivity contribution in [3.63, 3.8) is 0 Å². The first-order chi connectivity index (χ1) is 7.69. The Balaban J connectivity index is 2.14. The average Bonchev–Trinajstić information content (AvgIpc) is 3.01. The Bertz CT molecular complexity index is 402. The van der Waals surface area contributed by atoms with Gasteiger partial charge in [-0.1, -0.05) is 24.9 Å². The van der Waals surface area contributed by atoms with E-state index in [1.807, 2.05) is 6.07 Å². The summed E-state index contributed by atoms with van der Waals surface area (Å²) in [5.74, 6) is -0.0378. The molecule has 0 atom stereocenters. The molecular formula is C12H15ClN2O. The number of pyridine rings is 1. The molecule has 0 bridgehead atoms. The lowest BCUT2D eigenvalue weighted by molar-refractivity contribution is 0.0951. The minimum Gasteiger partial charge on any atom is -0.349 e. The van der Waals surface area contributed by atoms with Crippen LogP contribution in [0.25, 0.3) is 0 Å². The van der Waals surface area contributed by atoms with Gasteiger partial charge in [-0.25, -0.2) is 4.98 Å². The van der Waals surface area contributed by atoms with Crippen LogP contribution in [0, 0.1) is 0 Å². The highest BCUT2D eigenvalue weighted by Gasteiger charge is 2.24. The highest BCUT2D eigenvalue weighted by atomic mass is 35.5. The van der Waals surface area contributed by atoms with E-state index in [2.05, 4.69) is 17.2 Å². The van der Waals surface area contributed by atoms with Gasteiger partial charge in [0.25, 0.3) is 5.91 Å². The van der Waals surface area contributed by atoms with E-state index in [0.717, 1.165) is 31.4 Å². The van der Waals surface area contributed by atoms with E-state index in [1.165, 1.54) is 0 Å². The quantitative estimate of drug-likeness (QED) is 0.820. The molecule has 1 saturated carbocycles. The number of hydrogen-bond acceptors (Lipinski definition) is 2. The molecule has 1 amide bonds. The molecule has 0 saturated heterocycles.